The van der Waals surface area contributed by atoms with Gasteiger partial charge in [-0.05, 0) is 60.2 Å². The Hall–Kier alpha value is -2.89. The summed E-state index contributed by atoms with van der Waals surface area (Å²) in [4.78, 5) is 15.5. The van der Waals surface area contributed by atoms with Crippen molar-refractivity contribution >= 4 is 34.9 Å². The van der Waals surface area contributed by atoms with Gasteiger partial charge in [0.15, 0.2) is 11.5 Å². The van der Waals surface area contributed by atoms with E-state index in [0.29, 0.717) is 33.8 Å². The molecule has 1 atom stereocenters. The Morgan fingerprint density at radius 1 is 1.03 bits per heavy atom. The number of anilines is 1. The maximum Gasteiger partial charge on any atom is 0.322 e. The summed E-state index contributed by atoms with van der Waals surface area (Å²) in [5.41, 5.74) is 3.87. The summed E-state index contributed by atoms with van der Waals surface area (Å²) in [7, 11) is 3.20. The molecule has 1 unspecified atom stereocenters. The molecule has 0 aliphatic heterocycles. The first-order valence-corrected chi connectivity index (χ1v) is 11.6. The second kappa shape index (κ2) is 10.4. The van der Waals surface area contributed by atoms with E-state index < -0.39 is 0 Å². The zero-order valence-electron chi connectivity index (χ0n) is 18.6. The molecule has 2 amide bonds. The fraction of sp³-hybridized carbons (Fsp3) is 0.269. The van der Waals surface area contributed by atoms with Gasteiger partial charge in [-0.15, -0.1) is 0 Å². The third-order valence-electron chi connectivity index (χ3n) is 5.97. The summed E-state index contributed by atoms with van der Waals surface area (Å²) >= 11 is 12.5. The maximum atomic E-state index is 13.6. The van der Waals surface area contributed by atoms with Crippen LogP contribution in [0.2, 0.25) is 10.0 Å². The number of halogens is 2. The molecule has 3 aromatic carbocycles. The highest BCUT2D eigenvalue weighted by Crippen LogP contribution is 2.37. The van der Waals surface area contributed by atoms with Crippen LogP contribution in [0.3, 0.4) is 0 Å². The third kappa shape index (κ3) is 5.05. The number of urea groups is 1. The molecule has 0 saturated heterocycles. The molecule has 33 heavy (non-hydrogen) atoms. The van der Waals surface area contributed by atoms with Gasteiger partial charge in [0.1, 0.15) is 0 Å². The molecule has 1 N–H and O–H groups in total. The third-order valence-corrected chi connectivity index (χ3v) is 6.79. The minimum atomic E-state index is -0.240. The lowest BCUT2D eigenvalue weighted by molar-refractivity contribution is 0.175. The smallest absolute Gasteiger partial charge is 0.322 e. The van der Waals surface area contributed by atoms with Crippen molar-refractivity contribution in [2.75, 3.05) is 19.5 Å². The maximum absolute atomic E-state index is 13.6. The number of hydrogen-bond donors (Lipinski definition) is 1. The molecule has 1 aliphatic rings. The number of amides is 2. The van der Waals surface area contributed by atoms with Gasteiger partial charge in [0.05, 0.1) is 36.0 Å². The average molecular weight is 485 g/mol. The predicted octanol–water partition coefficient (Wildman–Crippen LogP) is 7.12. The van der Waals surface area contributed by atoms with Crippen molar-refractivity contribution in [1.29, 1.82) is 0 Å². The number of fused-ring (bicyclic) bond motifs is 1. The fourth-order valence-electron chi connectivity index (χ4n) is 4.34. The van der Waals surface area contributed by atoms with E-state index in [9.17, 15) is 4.79 Å². The number of ether oxygens (including phenoxy) is 2. The van der Waals surface area contributed by atoms with E-state index >= 15 is 0 Å². The predicted molar refractivity (Wildman–Crippen MR) is 133 cm³/mol. The molecule has 5 nitrogen and oxygen atoms in total. The highest BCUT2D eigenvalue weighted by atomic mass is 35.5. The van der Waals surface area contributed by atoms with Crippen LogP contribution in [0.5, 0.6) is 11.5 Å². The fourth-order valence-corrected chi connectivity index (χ4v) is 4.69. The molecule has 0 bridgehead atoms. The van der Waals surface area contributed by atoms with Crippen LogP contribution in [-0.4, -0.2) is 25.2 Å². The summed E-state index contributed by atoms with van der Waals surface area (Å²) in [6.07, 6.45) is 2.90. The summed E-state index contributed by atoms with van der Waals surface area (Å²) in [6.45, 7) is 0.392. The zero-order valence-corrected chi connectivity index (χ0v) is 20.1. The molecule has 4 rings (SSSR count). The number of rotatable bonds is 6. The van der Waals surface area contributed by atoms with Crippen LogP contribution in [0.1, 0.15) is 35.6 Å². The molecule has 7 heteroatoms. The highest BCUT2D eigenvalue weighted by molar-refractivity contribution is 6.43. The van der Waals surface area contributed by atoms with Gasteiger partial charge < -0.3 is 19.7 Å². The Labute approximate surface area is 204 Å². The summed E-state index contributed by atoms with van der Waals surface area (Å²) in [6, 6.07) is 18.9. The molecule has 1 aliphatic carbocycles. The van der Waals surface area contributed by atoms with E-state index in [1.807, 2.05) is 35.2 Å². The molecule has 0 radical (unpaired) electrons. The molecule has 0 spiro atoms. The van der Waals surface area contributed by atoms with Crippen molar-refractivity contribution in [1.82, 2.24) is 4.90 Å². The van der Waals surface area contributed by atoms with Crippen LogP contribution >= 0.6 is 23.2 Å². The minimum absolute atomic E-state index is 0.0685. The number of methoxy groups -OCH3 is 2. The van der Waals surface area contributed by atoms with Gasteiger partial charge in [-0.25, -0.2) is 4.79 Å². The molecular formula is C26H26Cl2N2O3. The average Bonchev–Trinajstić information content (AvgIpc) is 2.84. The van der Waals surface area contributed by atoms with Crippen LogP contribution in [-0.2, 0) is 13.0 Å². The highest BCUT2D eigenvalue weighted by Gasteiger charge is 2.30. The van der Waals surface area contributed by atoms with E-state index in [-0.39, 0.29) is 12.1 Å². The number of hydrogen-bond acceptors (Lipinski definition) is 3. The van der Waals surface area contributed by atoms with E-state index in [4.69, 9.17) is 32.7 Å². The number of nitrogens with one attached hydrogen (secondary N) is 1. The largest absolute Gasteiger partial charge is 0.493 e. The number of aryl methyl sites for hydroxylation is 1. The van der Waals surface area contributed by atoms with Crippen LogP contribution < -0.4 is 14.8 Å². The quantitative estimate of drug-likeness (QED) is 0.404. The Bertz CT molecular complexity index is 1150. The minimum Gasteiger partial charge on any atom is -0.493 e. The normalized spacial score (nSPS) is 14.8. The second-order valence-corrected chi connectivity index (χ2v) is 8.74. The van der Waals surface area contributed by atoms with Gasteiger partial charge in [0.2, 0.25) is 0 Å². The lowest BCUT2D eigenvalue weighted by atomic mass is 9.86. The van der Waals surface area contributed by atoms with Crippen LogP contribution in [0, 0.1) is 0 Å². The van der Waals surface area contributed by atoms with Gasteiger partial charge in [-0.3, -0.25) is 0 Å². The molecular weight excluding hydrogens is 459 g/mol. The molecule has 0 saturated carbocycles. The van der Waals surface area contributed by atoms with Gasteiger partial charge in [0.25, 0.3) is 0 Å². The number of benzene rings is 3. The molecule has 172 valence electrons. The summed E-state index contributed by atoms with van der Waals surface area (Å²) in [5, 5.41) is 3.68. The van der Waals surface area contributed by atoms with E-state index in [1.165, 1.54) is 11.1 Å². The van der Waals surface area contributed by atoms with Crippen molar-refractivity contribution in [2.24, 2.45) is 0 Å². The van der Waals surface area contributed by atoms with E-state index in [2.05, 4.69) is 17.4 Å². The monoisotopic (exact) mass is 484 g/mol. The molecule has 0 fully saturated rings. The number of carbonyl (C=O) groups is 1. The first-order valence-electron chi connectivity index (χ1n) is 10.8. The molecule has 3 aromatic rings. The molecule has 0 heterocycles. The van der Waals surface area contributed by atoms with Gasteiger partial charge >= 0.3 is 6.03 Å². The Morgan fingerprint density at radius 3 is 2.61 bits per heavy atom. The first-order chi connectivity index (χ1) is 16.0. The summed E-state index contributed by atoms with van der Waals surface area (Å²) < 4.78 is 10.8. The topological polar surface area (TPSA) is 50.8 Å². The van der Waals surface area contributed by atoms with Crippen molar-refractivity contribution in [3.63, 3.8) is 0 Å². The number of nitrogens with zero attached hydrogens (tertiary/aromatic N) is 1. The van der Waals surface area contributed by atoms with Gasteiger partial charge in [-0.1, -0.05) is 59.6 Å². The molecule has 0 aromatic heterocycles. The Morgan fingerprint density at radius 2 is 1.82 bits per heavy atom. The Balaban J connectivity index is 1.70. The van der Waals surface area contributed by atoms with Crippen LogP contribution in [0.4, 0.5) is 10.5 Å². The lowest BCUT2D eigenvalue weighted by Crippen LogP contribution is -2.39. The van der Waals surface area contributed by atoms with Gasteiger partial charge in [0, 0.05) is 6.54 Å². The zero-order chi connectivity index (χ0) is 23.4. The summed E-state index contributed by atoms with van der Waals surface area (Å²) in [5.74, 6) is 1.27. The van der Waals surface area contributed by atoms with Gasteiger partial charge in [-0.2, -0.15) is 0 Å². The van der Waals surface area contributed by atoms with Crippen molar-refractivity contribution < 1.29 is 14.3 Å². The van der Waals surface area contributed by atoms with Crippen molar-refractivity contribution in [3.05, 3.63) is 87.4 Å². The van der Waals surface area contributed by atoms with Crippen molar-refractivity contribution in [3.8, 4) is 11.5 Å². The Kier molecular flexibility index (Phi) is 7.31. The lowest BCUT2D eigenvalue weighted by Gasteiger charge is -2.36. The standard InChI is InChI=1S/C26H26Cl2N2O3/c1-32-23-14-13-17(15-24(23)33-2)16-30(22-12-5-8-18-7-3-4-9-19(18)22)26(31)29-21-11-6-10-20(27)25(21)28/h3-4,6-7,9-11,13-15,22H,5,8,12,16H2,1-2H3,(H,29,31). The van der Waals surface area contributed by atoms with Crippen molar-refractivity contribution in [2.45, 2.75) is 31.8 Å². The van der Waals surface area contributed by atoms with E-state index in [0.717, 1.165) is 24.8 Å². The van der Waals surface area contributed by atoms with Crippen LogP contribution in [0.15, 0.2) is 60.7 Å². The second-order valence-electron chi connectivity index (χ2n) is 7.96. The first kappa shape index (κ1) is 23.3. The van der Waals surface area contributed by atoms with Crippen LogP contribution in [0.25, 0.3) is 0 Å². The SMILES string of the molecule is COc1ccc(CN(C(=O)Nc2cccc(Cl)c2Cl)C2CCCc3ccccc32)cc1OC. The van der Waals surface area contributed by atoms with E-state index in [1.54, 1.807) is 32.4 Å². The number of carbonyl (C=O) groups excluding carboxylic acids is 1.